The van der Waals surface area contributed by atoms with Crippen molar-refractivity contribution >= 4 is 22.9 Å². The normalized spacial score (nSPS) is 10.7. The molecule has 2 aromatic rings. The van der Waals surface area contributed by atoms with Crippen LogP contribution in [0.1, 0.15) is 40.6 Å². The van der Waals surface area contributed by atoms with Crippen molar-refractivity contribution in [2.75, 3.05) is 5.32 Å². The molecule has 0 atom stereocenters. The minimum Gasteiger partial charge on any atom is -0.380 e. The molecule has 0 aliphatic rings. The van der Waals surface area contributed by atoms with Crippen molar-refractivity contribution in [2.24, 2.45) is 5.73 Å². The number of nitrogens with one attached hydrogen (secondary N) is 1. The number of amides is 1. The van der Waals surface area contributed by atoms with E-state index in [0.29, 0.717) is 18.0 Å². The van der Waals surface area contributed by atoms with E-state index in [1.165, 1.54) is 5.56 Å². The summed E-state index contributed by atoms with van der Waals surface area (Å²) >= 11 is 1.54. The van der Waals surface area contributed by atoms with Crippen LogP contribution < -0.4 is 11.1 Å². The molecule has 3 nitrogen and oxygen atoms in total. The van der Waals surface area contributed by atoms with E-state index in [9.17, 15) is 4.79 Å². The first-order valence-electron chi connectivity index (χ1n) is 6.27. The van der Waals surface area contributed by atoms with Crippen LogP contribution in [-0.2, 0) is 6.54 Å². The summed E-state index contributed by atoms with van der Waals surface area (Å²) in [7, 11) is 0. The summed E-state index contributed by atoms with van der Waals surface area (Å²) in [5.41, 5.74) is 8.23. The molecule has 0 saturated heterocycles. The quantitative estimate of drug-likeness (QED) is 0.875. The molecule has 100 valence electrons. The second kappa shape index (κ2) is 5.89. The topological polar surface area (TPSA) is 55.1 Å². The zero-order valence-electron chi connectivity index (χ0n) is 11.1. The van der Waals surface area contributed by atoms with Crippen LogP contribution in [0.25, 0.3) is 0 Å². The molecule has 0 radical (unpaired) electrons. The summed E-state index contributed by atoms with van der Waals surface area (Å²) in [6, 6.07) is 10.2. The van der Waals surface area contributed by atoms with Crippen LogP contribution >= 0.6 is 11.3 Å². The summed E-state index contributed by atoms with van der Waals surface area (Å²) in [4.78, 5) is 12.1. The fourth-order valence-corrected chi connectivity index (χ4v) is 2.61. The molecule has 0 spiro atoms. The largest absolute Gasteiger partial charge is 0.380 e. The van der Waals surface area contributed by atoms with Crippen molar-refractivity contribution in [3.05, 3.63) is 51.7 Å². The van der Waals surface area contributed by atoms with Crippen molar-refractivity contribution in [1.82, 2.24) is 0 Å². The lowest BCUT2D eigenvalue weighted by molar-refractivity contribution is 0.100. The minimum atomic E-state index is -0.371. The van der Waals surface area contributed by atoms with Crippen LogP contribution in [-0.4, -0.2) is 5.91 Å². The first-order chi connectivity index (χ1) is 9.06. The van der Waals surface area contributed by atoms with E-state index >= 15 is 0 Å². The van der Waals surface area contributed by atoms with Crippen LogP contribution in [0.5, 0.6) is 0 Å². The lowest BCUT2D eigenvalue weighted by Crippen LogP contribution is -2.09. The SMILES string of the molecule is CC(C)c1cccc(NCc2cc(C(N)=O)cs2)c1. The Labute approximate surface area is 117 Å². The molecule has 0 bridgehead atoms. The first-order valence-corrected chi connectivity index (χ1v) is 7.15. The van der Waals surface area contributed by atoms with Crippen molar-refractivity contribution in [3.63, 3.8) is 0 Å². The zero-order chi connectivity index (χ0) is 13.8. The predicted octanol–water partition coefficient (Wildman–Crippen LogP) is 3.58. The number of anilines is 1. The third-order valence-corrected chi connectivity index (χ3v) is 3.90. The Morgan fingerprint density at radius 2 is 2.16 bits per heavy atom. The van der Waals surface area contributed by atoms with Gasteiger partial charge >= 0.3 is 0 Å². The highest BCUT2D eigenvalue weighted by atomic mass is 32.1. The fourth-order valence-electron chi connectivity index (χ4n) is 1.80. The standard InChI is InChI=1S/C15H18N2OS/c1-10(2)11-4-3-5-13(6-11)17-8-14-7-12(9-19-14)15(16)18/h3-7,9-10,17H,8H2,1-2H3,(H2,16,18). The third-order valence-electron chi connectivity index (χ3n) is 2.96. The molecule has 2 rings (SSSR count). The van der Waals surface area contributed by atoms with Crippen LogP contribution in [0.15, 0.2) is 35.7 Å². The fraction of sp³-hybridized carbons (Fsp3) is 0.267. The minimum absolute atomic E-state index is 0.371. The van der Waals surface area contributed by atoms with Crippen LogP contribution in [0.4, 0.5) is 5.69 Å². The van der Waals surface area contributed by atoms with Gasteiger partial charge in [0.1, 0.15) is 0 Å². The molecule has 1 aromatic heterocycles. The van der Waals surface area contributed by atoms with Gasteiger partial charge in [-0.05, 0) is 29.7 Å². The lowest BCUT2D eigenvalue weighted by Gasteiger charge is -2.09. The Bertz CT molecular complexity index is 575. The summed E-state index contributed by atoms with van der Waals surface area (Å²) in [6.45, 7) is 5.06. The number of carbonyl (C=O) groups excluding carboxylic acids is 1. The maximum Gasteiger partial charge on any atom is 0.249 e. The highest BCUT2D eigenvalue weighted by Crippen LogP contribution is 2.20. The van der Waals surface area contributed by atoms with Crippen LogP contribution in [0.3, 0.4) is 0 Å². The Kier molecular flexibility index (Phi) is 4.22. The number of nitrogens with two attached hydrogens (primary N) is 1. The van der Waals surface area contributed by atoms with E-state index in [0.717, 1.165) is 10.6 Å². The van der Waals surface area contributed by atoms with Crippen molar-refractivity contribution < 1.29 is 4.79 Å². The molecular weight excluding hydrogens is 256 g/mol. The molecule has 1 heterocycles. The molecule has 0 saturated carbocycles. The van der Waals surface area contributed by atoms with Crippen LogP contribution in [0, 0.1) is 0 Å². The maximum atomic E-state index is 11.0. The van der Waals surface area contributed by atoms with Gasteiger partial charge in [-0.15, -0.1) is 11.3 Å². The van der Waals surface area contributed by atoms with E-state index in [1.54, 1.807) is 16.7 Å². The summed E-state index contributed by atoms with van der Waals surface area (Å²) < 4.78 is 0. The highest BCUT2D eigenvalue weighted by molar-refractivity contribution is 7.10. The van der Waals surface area contributed by atoms with Gasteiger partial charge in [-0.25, -0.2) is 0 Å². The zero-order valence-corrected chi connectivity index (χ0v) is 12.0. The smallest absolute Gasteiger partial charge is 0.249 e. The molecule has 0 aliphatic heterocycles. The molecule has 3 N–H and O–H groups in total. The van der Waals surface area contributed by atoms with Gasteiger partial charge in [0.15, 0.2) is 0 Å². The second-order valence-electron chi connectivity index (χ2n) is 4.80. The van der Waals surface area contributed by atoms with E-state index in [4.69, 9.17) is 5.73 Å². The molecule has 19 heavy (non-hydrogen) atoms. The highest BCUT2D eigenvalue weighted by Gasteiger charge is 2.05. The second-order valence-corrected chi connectivity index (χ2v) is 5.80. The number of rotatable bonds is 5. The van der Waals surface area contributed by atoms with Crippen molar-refractivity contribution in [2.45, 2.75) is 26.3 Å². The number of primary amides is 1. The molecular formula is C15H18N2OS. The average Bonchev–Trinajstić information content (AvgIpc) is 2.85. The van der Waals surface area contributed by atoms with Crippen molar-refractivity contribution in [3.8, 4) is 0 Å². The first kappa shape index (κ1) is 13.6. The van der Waals surface area contributed by atoms with Crippen LogP contribution in [0.2, 0.25) is 0 Å². The maximum absolute atomic E-state index is 11.0. The molecule has 1 amide bonds. The summed E-state index contributed by atoms with van der Waals surface area (Å²) in [5.74, 6) is 0.147. The van der Waals surface area contributed by atoms with Gasteiger partial charge < -0.3 is 11.1 Å². The number of hydrogen-bond donors (Lipinski definition) is 2. The number of benzene rings is 1. The molecule has 4 heteroatoms. The van der Waals surface area contributed by atoms with Crippen molar-refractivity contribution in [1.29, 1.82) is 0 Å². The van der Waals surface area contributed by atoms with Gasteiger partial charge in [-0.3, -0.25) is 4.79 Å². The Morgan fingerprint density at radius 3 is 2.79 bits per heavy atom. The van der Waals surface area contributed by atoms with Gasteiger partial charge in [-0.2, -0.15) is 0 Å². The summed E-state index contributed by atoms with van der Waals surface area (Å²) in [5, 5.41) is 5.16. The van der Waals surface area contributed by atoms with E-state index in [2.05, 4.69) is 43.4 Å². The van der Waals surface area contributed by atoms with E-state index in [-0.39, 0.29) is 5.91 Å². The molecule has 0 aliphatic carbocycles. The van der Waals surface area contributed by atoms with Gasteiger partial charge in [0.25, 0.3) is 0 Å². The Morgan fingerprint density at radius 1 is 1.37 bits per heavy atom. The molecule has 1 aromatic carbocycles. The van der Waals surface area contributed by atoms with Gasteiger partial charge in [0, 0.05) is 22.5 Å². The number of carbonyl (C=O) groups is 1. The Hall–Kier alpha value is -1.81. The van der Waals surface area contributed by atoms with E-state index in [1.807, 2.05) is 6.07 Å². The number of hydrogen-bond acceptors (Lipinski definition) is 3. The molecule has 0 fully saturated rings. The molecule has 0 unspecified atom stereocenters. The van der Waals surface area contributed by atoms with Gasteiger partial charge in [0.2, 0.25) is 5.91 Å². The number of thiophene rings is 1. The van der Waals surface area contributed by atoms with E-state index < -0.39 is 0 Å². The lowest BCUT2D eigenvalue weighted by atomic mass is 10.0. The predicted molar refractivity (Wildman–Crippen MR) is 80.7 cm³/mol. The average molecular weight is 274 g/mol. The Balaban J connectivity index is 2.01. The third kappa shape index (κ3) is 3.58. The van der Waals surface area contributed by atoms with Gasteiger partial charge in [0.05, 0.1) is 5.56 Å². The monoisotopic (exact) mass is 274 g/mol. The summed E-state index contributed by atoms with van der Waals surface area (Å²) in [6.07, 6.45) is 0. The van der Waals surface area contributed by atoms with Gasteiger partial charge in [-0.1, -0.05) is 26.0 Å².